The zero-order valence-corrected chi connectivity index (χ0v) is 15.9. The van der Waals surface area contributed by atoms with Crippen molar-refractivity contribution in [2.45, 2.75) is 6.92 Å². The molecule has 0 aliphatic carbocycles. The monoisotopic (exact) mass is 395 g/mol. The van der Waals surface area contributed by atoms with Crippen LogP contribution in [0.2, 0.25) is 5.02 Å². The Bertz CT molecular complexity index is 1090. The van der Waals surface area contributed by atoms with E-state index in [-0.39, 0.29) is 6.79 Å². The smallest absolute Gasteiger partial charge is 0.231 e. The molecule has 0 spiro atoms. The number of allylic oxidation sites excluding steroid dienone is 1. The molecule has 0 bridgehead atoms. The van der Waals surface area contributed by atoms with Crippen LogP contribution in [-0.2, 0) is 0 Å². The van der Waals surface area contributed by atoms with Gasteiger partial charge in [-0.3, -0.25) is 0 Å². The molecule has 7 heteroatoms. The Kier molecular flexibility index (Phi) is 4.71. The summed E-state index contributed by atoms with van der Waals surface area (Å²) in [6.07, 6.45) is 1.64. The van der Waals surface area contributed by atoms with E-state index in [1.807, 2.05) is 48.7 Å². The Morgan fingerprint density at radius 1 is 1.26 bits per heavy atom. The summed E-state index contributed by atoms with van der Waals surface area (Å²) < 4.78 is 10.7. The number of benzene rings is 2. The van der Waals surface area contributed by atoms with Crippen molar-refractivity contribution in [1.29, 1.82) is 5.26 Å². The lowest BCUT2D eigenvalue weighted by atomic mass is 10.1. The Labute approximate surface area is 165 Å². The number of halogens is 1. The summed E-state index contributed by atoms with van der Waals surface area (Å²) in [6.45, 7) is 2.17. The van der Waals surface area contributed by atoms with E-state index in [2.05, 4.69) is 16.4 Å². The van der Waals surface area contributed by atoms with Crippen LogP contribution >= 0.6 is 22.9 Å². The van der Waals surface area contributed by atoms with Gasteiger partial charge in [-0.05, 0) is 42.8 Å². The standard InChI is InChI=1S/C20H14ClN3O2S/c1-12-2-4-15(7-16(12)21)23-9-14(8-22)20-24-17(10-27-20)13-3-5-18-19(6-13)26-11-25-18/h2-7,9-10,23H,11H2,1H3/b14-9+. The normalized spacial score (nSPS) is 12.7. The average Bonchev–Trinajstić information content (AvgIpc) is 3.34. The van der Waals surface area contributed by atoms with Crippen LogP contribution in [-0.4, -0.2) is 11.8 Å². The van der Waals surface area contributed by atoms with E-state index in [0.717, 1.165) is 28.3 Å². The molecule has 4 rings (SSSR count). The Morgan fingerprint density at radius 3 is 2.93 bits per heavy atom. The van der Waals surface area contributed by atoms with Gasteiger partial charge in [-0.25, -0.2) is 4.98 Å². The number of hydrogen-bond donors (Lipinski definition) is 1. The van der Waals surface area contributed by atoms with Crippen molar-refractivity contribution < 1.29 is 9.47 Å². The van der Waals surface area contributed by atoms with E-state index in [1.54, 1.807) is 6.20 Å². The molecule has 1 aliphatic rings. The van der Waals surface area contributed by atoms with E-state index >= 15 is 0 Å². The first-order valence-electron chi connectivity index (χ1n) is 8.13. The third-order valence-corrected chi connectivity index (χ3v) is 5.36. The summed E-state index contributed by atoms with van der Waals surface area (Å²) in [6, 6.07) is 13.5. The second-order valence-corrected chi connectivity index (χ2v) is 7.15. The number of anilines is 1. The van der Waals surface area contributed by atoms with Gasteiger partial charge in [0, 0.05) is 27.9 Å². The maximum Gasteiger partial charge on any atom is 0.231 e. The van der Waals surface area contributed by atoms with Gasteiger partial charge in [0.05, 0.1) is 5.69 Å². The van der Waals surface area contributed by atoms with Crippen molar-refractivity contribution in [3.8, 4) is 28.8 Å². The van der Waals surface area contributed by atoms with Gasteiger partial charge in [-0.15, -0.1) is 11.3 Å². The van der Waals surface area contributed by atoms with Crippen LogP contribution < -0.4 is 14.8 Å². The molecule has 2 aromatic carbocycles. The molecule has 0 unspecified atom stereocenters. The molecule has 0 fully saturated rings. The lowest BCUT2D eigenvalue weighted by Gasteiger charge is -2.04. The molecule has 0 amide bonds. The van der Waals surface area contributed by atoms with E-state index in [0.29, 0.717) is 21.4 Å². The summed E-state index contributed by atoms with van der Waals surface area (Å²) in [5.74, 6) is 1.43. The number of aromatic nitrogens is 1. The fraction of sp³-hybridized carbons (Fsp3) is 0.100. The molecular formula is C20H14ClN3O2S. The van der Waals surface area contributed by atoms with E-state index in [1.165, 1.54) is 11.3 Å². The van der Waals surface area contributed by atoms with E-state index in [9.17, 15) is 5.26 Å². The van der Waals surface area contributed by atoms with Crippen LogP contribution in [0.25, 0.3) is 16.8 Å². The molecule has 134 valence electrons. The molecule has 2 heterocycles. The number of nitriles is 1. The topological polar surface area (TPSA) is 67.2 Å². The third kappa shape index (κ3) is 3.61. The van der Waals surface area contributed by atoms with Gasteiger partial charge in [-0.1, -0.05) is 17.7 Å². The molecule has 5 nitrogen and oxygen atoms in total. The Morgan fingerprint density at radius 2 is 2.11 bits per heavy atom. The summed E-state index contributed by atoms with van der Waals surface area (Å²) in [5.41, 5.74) is 3.96. The maximum atomic E-state index is 9.51. The minimum absolute atomic E-state index is 0.233. The quantitative estimate of drug-likeness (QED) is 0.592. The third-order valence-electron chi connectivity index (χ3n) is 4.08. The van der Waals surface area contributed by atoms with E-state index < -0.39 is 0 Å². The summed E-state index contributed by atoms with van der Waals surface area (Å²) in [4.78, 5) is 4.59. The van der Waals surface area contributed by atoms with Gasteiger partial charge in [0.15, 0.2) is 11.5 Å². The average molecular weight is 396 g/mol. The summed E-state index contributed by atoms with van der Waals surface area (Å²) in [5, 5.41) is 15.8. The van der Waals surface area contributed by atoms with Gasteiger partial charge < -0.3 is 14.8 Å². The van der Waals surface area contributed by atoms with Crippen molar-refractivity contribution in [2.75, 3.05) is 12.1 Å². The number of nitrogens with zero attached hydrogens (tertiary/aromatic N) is 2. The highest BCUT2D eigenvalue weighted by atomic mass is 35.5. The number of rotatable bonds is 4. The van der Waals surface area contributed by atoms with Crippen molar-refractivity contribution in [3.05, 3.63) is 63.6 Å². The predicted molar refractivity (Wildman–Crippen MR) is 107 cm³/mol. The zero-order chi connectivity index (χ0) is 18.8. The summed E-state index contributed by atoms with van der Waals surface area (Å²) in [7, 11) is 0. The van der Waals surface area contributed by atoms with Crippen molar-refractivity contribution >= 4 is 34.2 Å². The number of fused-ring (bicyclic) bond motifs is 1. The number of nitrogens with one attached hydrogen (secondary N) is 1. The van der Waals surface area contributed by atoms with E-state index in [4.69, 9.17) is 21.1 Å². The molecule has 0 atom stereocenters. The van der Waals surface area contributed by atoms with Gasteiger partial charge >= 0.3 is 0 Å². The largest absolute Gasteiger partial charge is 0.454 e. The second kappa shape index (κ2) is 7.31. The number of thiazole rings is 1. The molecule has 1 aromatic heterocycles. The predicted octanol–water partition coefficient (Wildman–Crippen LogP) is 5.48. The molecular weight excluding hydrogens is 382 g/mol. The van der Waals surface area contributed by atoms with Crippen LogP contribution in [0.4, 0.5) is 5.69 Å². The van der Waals surface area contributed by atoms with Crippen LogP contribution in [0.5, 0.6) is 11.5 Å². The molecule has 1 N–H and O–H groups in total. The van der Waals surface area contributed by atoms with Crippen molar-refractivity contribution in [2.24, 2.45) is 0 Å². The molecule has 1 aliphatic heterocycles. The number of hydrogen-bond acceptors (Lipinski definition) is 6. The van der Waals surface area contributed by atoms with Gasteiger partial charge in [-0.2, -0.15) is 5.26 Å². The Hall–Kier alpha value is -3.01. The van der Waals surface area contributed by atoms with Crippen molar-refractivity contribution in [3.63, 3.8) is 0 Å². The van der Waals surface area contributed by atoms with Crippen LogP contribution in [0.15, 0.2) is 48.0 Å². The summed E-state index contributed by atoms with van der Waals surface area (Å²) >= 11 is 7.55. The lowest BCUT2D eigenvalue weighted by Crippen LogP contribution is -1.92. The van der Waals surface area contributed by atoms with Crippen LogP contribution in [0.3, 0.4) is 0 Å². The molecule has 3 aromatic rings. The van der Waals surface area contributed by atoms with Gasteiger partial charge in [0.1, 0.15) is 16.6 Å². The van der Waals surface area contributed by atoms with Crippen LogP contribution in [0.1, 0.15) is 10.6 Å². The lowest BCUT2D eigenvalue weighted by molar-refractivity contribution is 0.174. The van der Waals surface area contributed by atoms with Gasteiger partial charge in [0.2, 0.25) is 6.79 Å². The Balaban J connectivity index is 1.57. The molecule has 27 heavy (non-hydrogen) atoms. The van der Waals surface area contributed by atoms with Crippen LogP contribution in [0, 0.1) is 18.3 Å². The SMILES string of the molecule is Cc1ccc(N/C=C(\C#N)c2nc(-c3ccc4c(c3)OCO4)cs2)cc1Cl. The minimum Gasteiger partial charge on any atom is -0.454 e. The maximum absolute atomic E-state index is 9.51. The molecule has 0 radical (unpaired) electrons. The number of aryl methyl sites for hydroxylation is 1. The highest BCUT2D eigenvalue weighted by molar-refractivity contribution is 7.11. The second-order valence-electron chi connectivity index (χ2n) is 5.88. The fourth-order valence-corrected chi connectivity index (χ4v) is 3.54. The molecule has 0 saturated carbocycles. The molecule has 0 saturated heterocycles. The number of ether oxygens (including phenoxy) is 2. The van der Waals surface area contributed by atoms with Gasteiger partial charge in [0.25, 0.3) is 0 Å². The highest BCUT2D eigenvalue weighted by Crippen LogP contribution is 2.36. The highest BCUT2D eigenvalue weighted by Gasteiger charge is 2.16. The zero-order valence-electron chi connectivity index (χ0n) is 14.3. The first-order chi connectivity index (χ1) is 13.1. The minimum atomic E-state index is 0.233. The fourth-order valence-electron chi connectivity index (χ4n) is 2.57. The van der Waals surface area contributed by atoms with Crippen molar-refractivity contribution in [1.82, 2.24) is 4.98 Å². The first-order valence-corrected chi connectivity index (χ1v) is 9.38. The first kappa shape index (κ1) is 17.4.